The Morgan fingerprint density at radius 3 is 1.46 bits per heavy atom. The van der Waals surface area contributed by atoms with Gasteiger partial charge in [-0.3, -0.25) is 60.7 Å². The third-order valence-corrected chi connectivity index (χ3v) is 6.93. The number of hydrogen-bond acceptors (Lipinski definition) is 18. The molecule has 0 radical (unpaired) electrons. The first-order chi connectivity index (χ1) is 22.6. The molecule has 1 fully saturated rings. The fraction of sp³-hybridized carbons (Fsp3) is 0.250. The summed E-state index contributed by atoms with van der Waals surface area (Å²) in [4.78, 5) is 63.4. The number of aliphatic hydroxyl groups excluding tert-OH is 2. The topological polar surface area (TPSA) is 342 Å². The van der Waals surface area contributed by atoms with Gasteiger partial charge in [0.05, 0.1) is 60.4 Å². The number of nitro benzene ring substituents is 6. The summed E-state index contributed by atoms with van der Waals surface area (Å²) in [7, 11) is 0. The average Bonchev–Trinajstić information content (AvgIpc) is 3.03. The zero-order valence-corrected chi connectivity index (χ0v) is 23.6. The number of nitrogens with zero attached hydrogens (tertiary/aromatic N) is 6. The summed E-state index contributed by atoms with van der Waals surface area (Å²) in [5, 5.41) is 95.6. The highest BCUT2D eigenvalue weighted by molar-refractivity contribution is 5.68. The largest absolute Gasteiger partial charge is 0.455 e. The molecule has 0 saturated carbocycles. The number of nitrogens with one attached hydrogen (secondary N) is 2. The molecule has 48 heavy (non-hydrogen) atoms. The van der Waals surface area contributed by atoms with Crippen molar-refractivity contribution >= 4 is 45.5 Å². The number of nitro groups is 6. The van der Waals surface area contributed by atoms with Gasteiger partial charge in [-0.2, -0.15) is 0 Å². The van der Waals surface area contributed by atoms with E-state index in [0.717, 1.165) is 36.4 Å². The van der Waals surface area contributed by atoms with Crippen molar-refractivity contribution in [2.75, 3.05) is 17.2 Å². The van der Waals surface area contributed by atoms with E-state index in [0.29, 0.717) is 18.2 Å². The van der Waals surface area contributed by atoms with E-state index in [1.807, 2.05) is 0 Å². The highest BCUT2D eigenvalue weighted by Gasteiger charge is 2.48. The number of anilines is 2. The van der Waals surface area contributed by atoms with Crippen LogP contribution in [0.3, 0.4) is 0 Å². The van der Waals surface area contributed by atoms with E-state index in [4.69, 9.17) is 9.47 Å². The highest BCUT2D eigenvalue weighted by atomic mass is 16.7. The first-order valence-electron chi connectivity index (χ1n) is 13.1. The lowest BCUT2D eigenvalue weighted by Gasteiger charge is -2.45. The summed E-state index contributed by atoms with van der Waals surface area (Å²) >= 11 is 0. The number of aliphatic hydroxyl groups is 2. The number of hydrogen-bond donors (Lipinski definition) is 4. The maximum atomic E-state index is 11.9. The van der Waals surface area contributed by atoms with E-state index in [2.05, 4.69) is 10.6 Å². The minimum Gasteiger partial charge on any atom is -0.455 e. The summed E-state index contributed by atoms with van der Waals surface area (Å²) in [5.41, 5.74) is -5.70. The van der Waals surface area contributed by atoms with Crippen molar-refractivity contribution in [3.8, 4) is 5.75 Å². The highest BCUT2D eigenvalue weighted by Crippen LogP contribution is 2.38. The Bertz CT molecular complexity index is 1820. The molecule has 1 aliphatic heterocycles. The second kappa shape index (κ2) is 13.8. The van der Waals surface area contributed by atoms with Crippen LogP contribution in [0.1, 0.15) is 0 Å². The molecular weight excluding hydrogens is 656 g/mol. The van der Waals surface area contributed by atoms with Gasteiger partial charge in [-0.25, -0.2) is 0 Å². The molecule has 0 spiro atoms. The van der Waals surface area contributed by atoms with Gasteiger partial charge in [-0.1, -0.05) is 0 Å². The lowest BCUT2D eigenvalue weighted by molar-refractivity contribution is -0.395. The van der Waals surface area contributed by atoms with Gasteiger partial charge in [0, 0.05) is 18.2 Å². The number of ether oxygens (including phenoxy) is 2. The van der Waals surface area contributed by atoms with Gasteiger partial charge in [0.25, 0.3) is 28.4 Å². The molecule has 252 valence electrons. The van der Waals surface area contributed by atoms with E-state index < -0.39 is 118 Å². The van der Waals surface area contributed by atoms with Crippen LogP contribution in [0.25, 0.3) is 0 Å². The molecular formula is C24H20N8O16. The van der Waals surface area contributed by atoms with E-state index in [-0.39, 0.29) is 0 Å². The van der Waals surface area contributed by atoms with Crippen molar-refractivity contribution in [2.45, 2.75) is 30.6 Å². The summed E-state index contributed by atoms with van der Waals surface area (Å²) in [6.07, 6.45) is -5.41. The average molecular weight is 676 g/mol. The van der Waals surface area contributed by atoms with Gasteiger partial charge >= 0.3 is 5.69 Å². The smallest absolute Gasteiger partial charge is 0.317 e. The monoisotopic (exact) mass is 676 g/mol. The lowest BCUT2D eigenvalue weighted by atomic mass is 9.93. The number of benzene rings is 3. The second-order valence-corrected chi connectivity index (χ2v) is 9.77. The van der Waals surface area contributed by atoms with Gasteiger partial charge in [0.2, 0.25) is 12.0 Å². The van der Waals surface area contributed by atoms with Crippen molar-refractivity contribution in [1.82, 2.24) is 0 Å². The molecule has 24 heteroatoms. The molecule has 1 saturated heterocycles. The van der Waals surface area contributed by atoms with E-state index in [1.165, 1.54) is 0 Å². The number of non-ortho nitro benzene ring substituents is 3. The Morgan fingerprint density at radius 2 is 1.04 bits per heavy atom. The maximum Gasteiger partial charge on any atom is 0.317 e. The minimum absolute atomic E-state index is 0.446. The SMILES string of the molecule is O=[N+]([O-])c1ccc(NC2C(Oc3ccc([N+](=O)[O-])cc3[N+](=O)[O-])OC(CO)C(O)C2Nc2ccc([N+](=O)[O-])cc2[N+](=O)[O-])c([N+](=O)[O-])c1. The molecule has 24 nitrogen and oxygen atoms in total. The minimum atomic E-state index is -1.92. The van der Waals surface area contributed by atoms with Crippen molar-refractivity contribution in [3.63, 3.8) is 0 Å². The van der Waals surface area contributed by atoms with Crippen molar-refractivity contribution in [2.24, 2.45) is 0 Å². The molecule has 4 N–H and O–H groups in total. The van der Waals surface area contributed by atoms with Crippen LogP contribution in [0.5, 0.6) is 5.75 Å². The maximum absolute atomic E-state index is 11.9. The Hall–Kier alpha value is -6.66. The van der Waals surface area contributed by atoms with Crippen LogP contribution in [0.15, 0.2) is 54.6 Å². The van der Waals surface area contributed by atoms with Crippen molar-refractivity contribution in [1.29, 1.82) is 0 Å². The number of rotatable bonds is 13. The van der Waals surface area contributed by atoms with Crippen molar-refractivity contribution in [3.05, 3.63) is 115 Å². The Morgan fingerprint density at radius 1 is 0.625 bits per heavy atom. The predicted molar refractivity (Wildman–Crippen MR) is 156 cm³/mol. The zero-order chi connectivity index (χ0) is 35.4. The standard InChI is InChI=1S/C24H20N8O16/c33-10-20-23(34)21(25-14-4-1-11(27(35)36)7-16(14)30(41)42)22(26-15-5-2-12(28(37)38)8-17(15)31(43)44)24(48-20)47-19-6-3-13(29(39)40)9-18(19)32(45)46/h1-9,20-26,33-34H,10H2. The third kappa shape index (κ3) is 7.09. The van der Waals surface area contributed by atoms with Crippen LogP contribution in [0, 0.1) is 60.7 Å². The van der Waals surface area contributed by atoms with Gasteiger partial charge in [0.15, 0.2) is 0 Å². The molecule has 3 aromatic carbocycles. The van der Waals surface area contributed by atoms with Gasteiger partial charge in [0.1, 0.15) is 29.6 Å². The Kier molecular flexibility index (Phi) is 9.81. The summed E-state index contributed by atoms with van der Waals surface area (Å²) in [6, 6.07) is 3.59. The first kappa shape index (κ1) is 34.2. The van der Waals surface area contributed by atoms with Crippen LogP contribution >= 0.6 is 0 Å². The summed E-state index contributed by atoms with van der Waals surface area (Å²) < 4.78 is 11.3. The Balaban J connectivity index is 1.89. The van der Waals surface area contributed by atoms with Crippen LogP contribution in [0.4, 0.5) is 45.5 Å². The predicted octanol–water partition coefficient (Wildman–Crippen LogP) is 2.55. The van der Waals surface area contributed by atoms with Gasteiger partial charge < -0.3 is 30.3 Å². The molecule has 0 aliphatic carbocycles. The molecule has 4 rings (SSSR count). The van der Waals surface area contributed by atoms with E-state index >= 15 is 0 Å². The quantitative estimate of drug-likeness (QED) is 0.149. The van der Waals surface area contributed by atoms with Crippen LogP contribution < -0.4 is 15.4 Å². The normalized spacial score (nSPS) is 20.2. The summed E-state index contributed by atoms with van der Waals surface area (Å²) in [5.74, 6) is -0.659. The second-order valence-electron chi connectivity index (χ2n) is 9.77. The van der Waals surface area contributed by atoms with Crippen LogP contribution in [-0.4, -0.2) is 76.9 Å². The molecule has 0 aromatic heterocycles. The fourth-order valence-corrected chi connectivity index (χ4v) is 4.69. The Labute approximate surface area is 264 Å². The van der Waals surface area contributed by atoms with Crippen molar-refractivity contribution < 1.29 is 49.2 Å². The van der Waals surface area contributed by atoms with Gasteiger partial charge in [-0.05, 0) is 18.2 Å². The molecule has 1 aliphatic rings. The zero-order valence-electron chi connectivity index (χ0n) is 23.6. The van der Waals surface area contributed by atoms with Crippen LogP contribution in [-0.2, 0) is 4.74 Å². The lowest BCUT2D eigenvalue weighted by Crippen LogP contribution is -2.65. The fourth-order valence-electron chi connectivity index (χ4n) is 4.69. The molecule has 5 unspecified atom stereocenters. The van der Waals surface area contributed by atoms with E-state index in [9.17, 15) is 70.9 Å². The summed E-state index contributed by atoms with van der Waals surface area (Å²) in [6.45, 7) is -0.964. The molecule has 0 amide bonds. The molecule has 0 bridgehead atoms. The van der Waals surface area contributed by atoms with Crippen LogP contribution in [0.2, 0.25) is 0 Å². The third-order valence-electron chi connectivity index (χ3n) is 6.93. The molecule has 5 atom stereocenters. The molecule has 3 aromatic rings. The first-order valence-corrected chi connectivity index (χ1v) is 13.1. The van der Waals surface area contributed by atoms with E-state index in [1.54, 1.807) is 0 Å². The van der Waals surface area contributed by atoms with Gasteiger partial charge in [-0.15, -0.1) is 0 Å². The molecule has 1 heterocycles.